The SMILES string of the molecule is CC(c1cc(CN2CCCCC2)cc(C(C)(C)C)c1O)c1cc(CN2CCCCC2)cc(C(C)(C)C)c1O. The lowest BCUT2D eigenvalue weighted by atomic mass is 9.78. The van der Waals surface area contributed by atoms with Gasteiger partial charge >= 0.3 is 0 Å². The standard InChI is InChI=1S/C34H52N2O2/c1-24(27-18-25(22-35-14-10-8-11-15-35)20-29(31(27)37)33(2,3)4)28-19-26(23-36-16-12-9-13-17-36)21-30(32(28)38)34(5,6)7/h18-21,24,37-38H,8-17,22-23H2,1-7H3. The molecule has 0 unspecified atom stereocenters. The van der Waals surface area contributed by atoms with Crippen molar-refractivity contribution >= 4 is 0 Å². The van der Waals surface area contributed by atoms with E-state index in [1.807, 2.05) is 0 Å². The number of benzene rings is 2. The van der Waals surface area contributed by atoms with E-state index in [1.54, 1.807) is 0 Å². The van der Waals surface area contributed by atoms with E-state index in [-0.39, 0.29) is 16.7 Å². The van der Waals surface area contributed by atoms with Gasteiger partial charge in [-0.3, -0.25) is 9.80 Å². The van der Waals surface area contributed by atoms with Crippen LogP contribution in [-0.4, -0.2) is 46.2 Å². The molecule has 2 aromatic rings. The number of hydrogen-bond acceptors (Lipinski definition) is 4. The monoisotopic (exact) mass is 520 g/mol. The number of nitrogens with zero attached hydrogens (tertiary/aromatic N) is 2. The zero-order valence-corrected chi connectivity index (χ0v) is 25.2. The van der Waals surface area contributed by atoms with Gasteiger partial charge in [-0.2, -0.15) is 0 Å². The molecule has 0 atom stereocenters. The fourth-order valence-electron chi connectivity index (χ4n) is 6.34. The quantitative estimate of drug-likeness (QED) is 0.408. The van der Waals surface area contributed by atoms with Crippen molar-refractivity contribution in [3.63, 3.8) is 0 Å². The first-order valence-corrected chi connectivity index (χ1v) is 15.0. The second kappa shape index (κ2) is 11.6. The van der Waals surface area contributed by atoms with Crippen molar-refractivity contribution in [2.45, 2.75) is 117 Å². The number of aromatic hydroxyl groups is 2. The summed E-state index contributed by atoms with van der Waals surface area (Å²) in [6.45, 7) is 21.6. The highest BCUT2D eigenvalue weighted by molar-refractivity contribution is 5.56. The third-order valence-corrected chi connectivity index (χ3v) is 8.66. The molecule has 4 rings (SSSR count). The minimum Gasteiger partial charge on any atom is -0.507 e. The van der Waals surface area contributed by atoms with Crippen LogP contribution in [0.5, 0.6) is 11.5 Å². The molecule has 2 fully saturated rings. The fourth-order valence-corrected chi connectivity index (χ4v) is 6.34. The van der Waals surface area contributed by atoms with E-state index in [0.29, 0.717) is 11.5 Å². The van der Waals surface area contributed by atoms with Crippen molar-refractivity contribution in [1.29, 1.82) is 0 Å². The molecular weight excluding hydrogens is 468 g/mol. The van der Waals surface area contributed by atoms with Gasteiger partial charge in [0.05, 0.1) is 0 Å². The maximum absolute atomic E-state index is 11.6. The van der Waals surface area contributed by atoms with Crippen molar-refractivity contribution in [3.8, 4) is 11.5 Å². The Hall–Kier alpha value is -2.04. The van der Waals surface area contributed by atoms with Crippen LogP contribution in [0.1, 0.15) is 126 Å². The summed E-state index contributed by atoms with van der Waals surface area (Å²) in [4.78, 5) is 5.09. The lowest BCUT2D eigenvalue weighted by molar-refractivity contribution is 0.220. The highest BCUT2D eigenvalue weighted by Crippen LogP contribution is 2.45. The molecule has 2 aliphatic heterocycles. The van der Waals surface area contributed by atoms with Crippen molar-refractivity contribution in [1.82, 2.24) is 9.80 Å². The minimum absolute atomic E-state index is 0.125. The highest BCUT2D eigenvalue weighted by Gasteiger charge is 2.29. The first-order chi connectivity index (χ1) is 17.8. The van der Waals surface area contributed by atoms with Crippen LogP contribution in [0.4, 0.5) is 0 Å². The normalized spacial score (nSPS) is 18.3. The van der Waals surface area contributed by atoms with Crippen LogP contribution in [0.25, 0.3) is 0 Å². The highest BCUT2D eigenvalue weighted by atomic mass is 16.3. The van der Waals surface area contributed by atoms with Gasteiger partial charge < -0.3 is 10.2 Å². The molecule has 0 bridgehead atoms. The molecule has 210 valence electrons. The molecule has 0 aromatic heterocycles. The number of hydrogen-bond donors (Lipinski definition) is 2. The van der Waals surface area contributed by atoms with E-state index in [9.17, 15) is 10.2 Å². The third kappa shape index (κ3) is 6.74. The van der Waals surface area contributed by atoms with Crippen molar-refractivity contribution < 1.29 is 10.2 Å². The Morgan fingerprint density at radius 1 is 0.605 bits per heavy atom. The predicted octanol–water partition coefficient (Wildman–Crippen LogP) is 7.82. The van der Waals surface area contributed by atoms with Gasteiger partial charge in [0.2, 0.25) is 0 Å². The molecular formula is C34H52N2O2. The number of likely N-dealkylation sites (tertiary alicyclic amines) is 2. The van der Waals surface area contributed by atoms with Gasteiger partial charge in [-0.15, -0.1) is 0 Å². The van der Waals surface area contributed by atoms with Crippen molar-refractivity contribution in [2.75, 3.05) is 26.2 Å². The molecule has 38 heavy (non-hydrogen) atoms. The van der Waals surface area contributed by atoms with Gasteiger partial charge in [0, 0.05) is 30.1 Å². The van der Waals surface area contributed by atoms with Crippen LogP contribution < -0.4 is 0 Å². The molecule has 0 spiro atoms. The van der Waals surface area contributed by atoms with Gasteiger partial charge in [-0.05, 0) is 84.9 Å². The molecule has 2 aliphatic rings. The van der Waals surface area contributed by atoms with Gasteiger partial charge in [-0.25, -0.2) is 0 Å². The Labute approximate surface area is 232 Å². The zero-order valence-electron chi connectivity index (χ0n) is 25.2. The third-order valence-electron chi connectivity index (χ3n) is 8.66. The molecule has 0 radical (unpaired) electrons. The number of phenols is 2. The lowest BCUT2D eigenvalue weighted by Crippen LogP contribution is -2.29. The van der Waals surface area contributed by atoms with E-state index in [4.69, 9.17) is 0 Å². The van der Waals surface area contributed by atoms with E-state index < -0.39 is 0 Å². The van der Waals surface area contributed by atoms with Crippen LogP contribution in [0.2, 0.25) is 0 Å². The zero-order chi connectivity index (χ0) is 27.7. The Morgan fingerprint density at radius 2 is 0.947 bits per heavy atom. The van der Waals surface area contributed by atoms with Crippen molar-refractivity contribution in [2.24, 2.45) is 0 Å². The fraction of sp³-hybridized carbons (Fsp3) is 0.647. The van der Waals surface area contributed by atoms with Gasteiger partial charge in [0.1, 0.15) is 11.5 Å². The smallest absolute Gasteiger partial charge is 0.123 e. The summed E-state index contributed by atoms with van der Waals surface area (Å²) in [7, 11) is 0. The second-order valence-electron chi connectivity index (χ2n) is 14.1. The maximum atomic E-state index is 11.6. The predicted molar refractivity (Wildman–Crippen MR) is 159 cm³/mol. The maximum Gasteiger partial charge on any atom is 0.123 e. The van der Waals surface area contributed by atoms with Gasteiger partial charge in [0.25, 0.3) is 0 Å². The first-order valence-electron chi connectivity index (χ1n) is 15.0. The van der Waals surface area contributed by atoms with Crippen LogP contribution in [-0.2, 0) is 23.9 Å². The molecule has 0 saturated carbocycles. The van der Waals surface area contributed by atoms with E-state index in [1.165, 1.54) is 49.7 Å². The van der Waals surface area contributed by atoms with Gasteiger partial charge in [-0.1, -0.05) is 85.6 Å². The molecule has 4 nitrogen and oxygen atoms in total. The summed E-state index contributed by atoms with van der Waals surface area (Å²) < 4.78 is 0. The van der Waals surface area contributed by atoms with Crippen LogP contribution in [0.3, 0.4) is 0 Å². The molecule has 2 N–H and O–H groups in total. The van der Waals surface area contributed by atoms with E-state index in [0.717, 1.165) is 61.5 Å². The largest absolute Gasteiger partial charge is 0.507 e. The summed E-state index contributed by atoms with van der Waals surface area (Å²) in [6, 6.07) is 8.84. The number of piperidine rings is 2. The van der Waals surface area contributed by atoms with Crippen molar-refractivity contribution in [3.05, 3.63) is 57.6 Å². The molecule has 2 saturated heterocycles. The van der Waals surface area contributed by atoms with Crippen LogP contribution in [0.15, 0.2) is 24.3 Å². The summed E-state index contributed by atoms with van der Waals surface area (Å²) >= 11 is 0. The number of phenolic OH excluding ortho intramolecular Hbond substituents is 2. The molecule has 0 amide bonds. The first kappa shape index (κ1) is 29.0. The number of rotatable bonds is 6. The summed E-state index contributed by atoms with van der Waals surface area (Å²) in [6.07, 6.45) is 7.71. The van der Waals surface area contributed by atoms with Gasteiger partial charge in [0.15, 0.2) is 0 Å². The summed E-state index contributed by atoms with van der Waals surface area (Å²) in [5, 5.41) is 23.3. The topological polar surface area (TPSA) is 46.9 Å². The Morgan fingerprint density at radius 3 is 1.26 bits per heavy atom. The molecule has 4 heteroatoms. The molecule has 2 aromatic carbocycles. The average Bonchev–Trinajstić information content (AvgIpc) is 2.85. The second-order valence-corrected chi connectivity index (χ2v) is 14.1. The molecule has 2 heterocycles. The average molecular weight is 521 g/mol. The summed E-state index contributed by atoms with van der Waals surface area (Å²) in [5.74, 6) is 0.635. The Kier molecular flexibility index (Phi) is 8.84. The van der Waals surface area contributed by atoms with E-state index in [2.05, 4.69) is 82.5 Å². The van der Waals surface area contributed by atoms with E-state index >= 15 is 0 Å². The lowest BCUT2D eigenvalue weighted by Gasteiger charge is -2.31. The van der Waals surface area contributed by atoms with Crippen LogP contribution in [0, 0.1) is 0 Å². The Balaban J connectivity index is 1.78. The van der Waals surface area contributed by atoms with Crippen LogP contribution >= 0.6 is 0 Å². The molecule has 0 aliphatic carbocycles. The Bertz CT molecular complexity index is 1010. The summed E-state index contributed by atoms with van der Waals surface area (Å²) in [5.41, 5.74) is 6.01. The minimum atomic E-state index is -0.175.